The topological polar surface area (TPSA) is 57.0 Å². The minimum absolute atomic E-state index is 0.238. The van der Waals surface area contributed by atoms with Gasteiger partial charge in [0, 0.05) is 6.54 Å². The quantitative estimate of drug-likeness (QED) is 0.755. The fourth-order valence-corrected chi connectivity index (χ4v) is 1.56. The number of hydrogen-bond acceptors (Lipinski definition) is 4. The molecule has 1 aromatic heterocycles. The number of rotatable bonds is 4. The summed E-state index contributed by atoms with van der Waals surface area (Å²) in [7, 11) is 1.36. The Hall–Kier alpha value is -1.39. The van der Waals surface area contributed by atoms with E-state index in [-0.39, 0.29) is 5.41 Å². The lowest BCUT2D eigenvalue weighted by Crippen LogP contribution is -2.14. The number of carbonyl (C=O) groups is 1. The van der Waals surface area contributed by atoms with E-state index in [9.17, 15) is 4.79 Å². The van der Waals surface area contributed by atoms with Crippen molar-refractivity contribution >= 4 is 5.97 Å². The maximum Gasteiger partial charge on any atom is 0.360 e. The van der Waals surface area contributed by atoms with Crippen LogP contribution in [0.15, 0.2) is 0 Å². The molecule has 0 N–H and O–H groups in total. The molecule has 0 aliphatic carbocycles. The number of aromatic nitrogens is 3. The minimum Gasteiger partial charge on any atom is -0.464 e. The normalized spacial score (nSPS) is 11.6. The zero-order valence-electron chi connectivity index (χ0n) is 11.3. The van der Waals surface area contributed by atoms with E-state index in [1.54, 1.807) is 4.68 Å². The van der Waals surface area contributed by atoms with E-state index in [0.717, 1.165) is 25.1 Å². The van der Waals surface area contributed by atoms with E-state index in [1.807, 2.05) is 6.92 Å². The van der Waals surface area contributed by atoms with Crippen LogP contribution in [-0.4, -0.2) is 28.1 Å². The molecule has 0 aliphatic heterocycles. The van der Waals surface area contributed by atoms with E-state index >= 15 is 0 Å². The van der Waals surface area contributed by atoms with Gasteiger partial charge in [-0.15, -0.1) is 5.10 Å². The van der Waals surface area contributed by atoms with Crippen molar-refractivity contribution in [3.63, 3.8) is 0 Å². The molecule has 0 spiro atoms. The zero-order valence-corrected chi connectivity index (χ0v) is 11.3. The number of carbonyl (C=O) groups excluding carboxylic acids is 1. The predicted molar refractivity (Wildman–Crippen MR) is 64.8 cm³/mol. The van der Waals surface area contributed by atoms with Crippen molar-refractivity contribution in [1.82, 2.24) is 15.0 Å². The van der Waals surface area contributed by atoms with Crippen LogP contribution in [0.4, 0.5) is 0 Å². The van der Waals surface area contributed by atoms with Crippen molar-refractivity contribution in [3.8, 4) is 0 Å². The van der Waals surface area contributed by atoms with Gasteiger partial charge < -0.3 is 4.74 Å². The van der Waals surface area contributed by atoms with E-state index in [4.69, 9.17) is 0 Å². The summed E-state index contributed by atoms with van der Waals surface area (Å²) in [5.41, 5.74) is 1.42. The van der Waals surface area contributed by atoms with Crippen LogP contribution < -0.4 is 0 Å². The molecule has 0 amide bonds. The molecule has 0 unspecified atom stereocenters. The summed E-state index contributed by atoms with van der Waals surface area (Å²) >= 11 is 0. The van der Waals surface area contributed by atoms with Crippen molar-refractivity contribution in [2.45, 2.75) is 47.1 Å². The molecule has 5 heteroatoms. The fraction of sp³-hybridized carbons (Fsp3) is 0.750. The van der Waals surface area contributed by atoms with Gasteiger partial charge in [-0.25, -0.2) is 9.48 Å². The van der Waals surface area contributed by atoms with Crippen LogP contribution in [0.5, 0.6) is 0 Å². The first-order valence-corrected chi connectivity index (χ1v) is 5.89. The third kappa shape index (κ3) is 3.54. The standard InChI is InChI=1S/C12H21N3O2/c1-6-9-10(11(16)17-5)13-14-15(9)8-7-12(2,3)4/h6-8H2,1-5H3. The Kier molecular flexibility index (Phi) is 4.26. The smallest absolute Gasteiger partial charge is 0.360 e. The monoisotopic (exact) mass is 239 g/mol. The SMILES string of the molecule is CCc1c(C(=O)OC)nnn1CCC(C)(C)C. The Bertz CT molecular complexity index is 391. The second kappa shape index (κ2) is 5.29. The summed E-state index contributed by atoms with van der Waals surface area (Å²) in [6.07, 6.45) is 1.71. The lowest BCUT2D eigenvalue weighted by atomic mass is 9.92. The maximum atomic E-state index is 11.5. The zero-order chi connectivity index (χ0) is 13.1. The third-order valence-corrected chi connectivity index (χ3v) is 2.62. The molecule has 17 heavy (non-hydrogen) atoms. The molecule has 0 saturated heterocycles. The molecule has 1 heterocycles. The number of methoxy groups -OCH3 is 1. The molecule has 96 valence electrons. The van der Waals surface area contributed by atoms with E-state index in [0.29, 0.717) is 5.69 Å². The first kappa shape index (κ1) is 13.7. The summed E-state index contributed by atoms with van der Waals surface area (Å²) in [6, 6.07) is 0. The average Bonchev–Trinajstić information content (AvgIpc) is 2.67. The molecule has 5 nitrogen and oxygen atoms in total. The Morgan fingerprint density at radius 2 is 2.06 bits per heavy atom. The molecule has 0 aliphatic rings. The van der Waals surface area contributed by atoms with Crippen molar-refractivity contribution in [1.29, 1.82) is 0 Å². The van der Waals surface area contributed by atoms with Crippen LogP contribution in [0, 0.1) is 5.41 Å². The van der Waals surface area contributed by atoms with Gasteiger partial charge in [0.05, 0.1) is 12.8 Å². The number of nitrogens with zero attached hydrogens (tertiary/aromatic N) is 3. The van der Waals surface area contributed by atoms with Gasteiger partial charge in [-0.2, -0.15) is 0 Å². The molecule has 0 aromatic carbocycles. The summed E-state index contributed by atoms with van der Waals surface area (Å²) in [5, 5.41) is 7.92. The van der Waals surface area contributed by atoms with Crippen molar-refractivity contribution in [2.24, 2.45) is 5.41 Å². The van der Waals surface area contributed by atoms with Crippen LogP contribution in [0.1, 0.15) is 50.3 Å². The Morgan fingerprint density at radius 3 is 2.53 bits per heavy atom. The Labute approximate surface area is 102 Å². The highest BCUT2D eigenvalue weighted by molar-refractivity contribution is 5.88. The first-order chi connectivity index (χ1) is 7.89. The Morgan fingerprint density at radius 1 is 1.41 bits per heavy atom. The maximum absolute atomic E-state index is 11.5. The largest absolute Gasteiger partial charge is 0.464 e. The number of aryl methyl sites for hydroxylation is 1. The van der Waals surface area contributed by atoms with Gasteiger partial charge in [0.1, 0.15) is 0 Å². The van der Waals surface area contributed by atoms with Gasteiger partial charge in [0.25, 0.3) is 0 Å². The average molecular weight is 239 g/mol. The van der Waals surface area contributed by atoms with Crippen LogP contribution >= 0.6 is 0 Å². The van der Waals surface area contributed by atoms with Gasteiger partial charge in [0.15, 0.2) is 5.69 Å². The molecule has 0 fully saturated rings. The van der Waals surface area contributed by atoms with Crippen LogP contribution in [0.25, 0.3) is 0 Å². The molecular weight excluding hydrogens is 218 g/mol. The lowest BCUT2D eigenvalue weighted by molar-refractivity contribution is 0.0592. The Balaban J connectivity index is 2.87. The lowest BCUT2D eigenvalue weighted by Gasteiger charge is -2.18. The summed E-state index contributed by atoms with van der Waals surface area (Å²) < 4.78 is 6.49. The second-order valence-electron chi connectivity index (χ2n) is 5.26. The number of hydrogen-bond donors (Lipinski definition) is 0. The summed E-state index contributed by atoms with van der Waals surface area (Å²) in [4.78, 5) is 11.5. The van der Waals surface area contributed by atoms with E-state index in [1.165, 1.54) is 7.11 Å². The van der Waals surface area contributed by atoms with E-state index in [2.05, 4.69) is 35.8 Å². The molecule has 0 bridgehead atoms. The highest BCUT2D eigenvalue weighted by Crippen LogP contribution is 2.20. The van der Waals surface area contributed by atoms with Crippen LogP contribution in [0.3, 0.4) is 0 Å². The molecular formula is C12H21N3O2. The van der Waals surface area contributed by atoms with Crippen molar-refractivity contribution in [2.75, 3.05) is 7.11 Å². The number of ether oxygens (including phenoxy) is 1. The highest BCUT2D eigenvalue weighted by Gasteiger charge is 2.20. The van der Waals surface area contributed by atoms with Gasteiger partial charge in [-0.05, 0) is 18.3 Å². The molecule has 0 saturated carbocycles. The molecule has 1 rings (SSSR count). The predicted octanol–water partition coefficient (Wildman–Crippen LogP) is 2.06. The number of esters is 1. The summed E-state index contributed by atoms with van der Waals surface area (Å²) in [6.45, 7) is 9.29. The van der Waals surface area contributed by atoms with Crippen LogP contribution in [0.2, 0.25) is 0 Å². The first-order valence-electron chi connectivity index (χ1n) is 5.89. The van der Waals surface area contributed by atoms with Gasteiger partial charge >= 0.3 is 5.97 Å². The third-order valence-electron chi connectivity index (χ3n) is 2.62. The van der Waals surface area contributed by atoms with Crippen molar-refractivity contribution < 1.29 is 9.53 Å². The van der Waals surface area contributed by atoms with Gasteiger partial charge in [0.2, 0.25) is 0 Å². The highest BCUT2D eigenvalue weighted by atomic mass is 16.5. The second-order valence-corrected chi connectivity index (χ2v) is 5.26. The summed E-state index contributed by atoms with van der Waals surface area (Å²) in [5.74, 6) is -0.413. The minimum atomic E-state index is -0.413. The molecule has 0 radical (unpaired) electrons. The van der Waals surface area contributed by atoms with Gasteiger partial charge in [-0.3, -0.25) is 0 Å². The molecule has 1 aromatic rings. The van der Waals surface area contributed by atoms with E-state index < -0.39 is 5.97 Å². The van der Waals surface area contributed by atoms with Crippen LogP contribution in [-0.2, 0) is 17.7 Å². The molecule has 0 atom stereocenters. The van der Waals surface area contributed by atoms with Crippen molar-refractivity contribution in [3.05, 3.63) is 11.4 Å². The fourth-order valence-electron chi connectivity index (χ4n) is 1.56. The van der Waals surface area contributed by atoms with Gasteiger partial charge in [-0.1, -0.05) is 32.9 Å².